The van der Waals surface area contributed by atoms with Gasteiger partial charge in [-0.2, -0.15) is 10.5 Å². The molecule has 0 aliphatic heterocycles. The number of nitrogens with zero attached hydrogens (tertiary/aromatic N) is 2. The van der Waals surface area contributed by atoms with E-state index in [2.05, 4.69) is 75.3 Å². The first-order valence-corrected chi connectivity index (χ1v) is 9.03. The zero-order valence-corrected chi connectivity index (χ0v) is 17.9. The van der Waals surface area contributed by atoms with E-state index in [0.717, 1.165) is 11.8 Å². The summed E-state index contributed by atoms with van der Waals surface area (Å²) in [5.74, 6) is 2.46. The molecule has 0 amide bonds. The molecule has 0 radical (unpaired) electrons. The maximum absolute atomic E-state index is 8.88. The van der Waals surface area contributed by atoms with Gasteiger partial charge in [-0.3, -0.25) is 0 Å². The normalized spacial score (nSPS) is 11.4. The van der Waals surface area contributed by atoms with E-state index in [1.807, 2.05) is 19.9 Å². The topological polar surface area (TPSA) is 47.6 Å². The van der Waals surface area contributed by atoms with Gasteiger partial charge >= 0.3 is 0 Å². The lowest BCUT2D eigenvalue weighted by atomic mass is 9.72. The maximum Gasteiger partial charge on any atom is 0.0692 e. The molecule has 136 valence electrons. The third-order valence-electron chi connectivity index (χ3n) is 5.77. The van der Waals surface area contributed by atoms with Crippen LogP contribution in [-0.2, 0) is 0 Å². The van der Waals surface area contributed by atoms with Crippen molar-refractivity contribution >= 4 is 0 Å². The Kier molecular flexibility index (Phi) is 14.5. The first kappa shape index (κ1) is 26.9. The fraction of sp³-hybridized carbons (Fsp3) is 0.905. The molecule has 0 aromatic rings. The molecule has 0 saturated carbocycles. The van der Waals surface area contributed by atoms with Crippen LogP contribution in [-0.4, -0.2) is 0 Å². The molecule has 2 heteroatoms. The lowest BCUT2D eigenvalue weighted by molar-refractivity contribution is 0.165. The van der Waals surface area contributed by atoms with Crippen molar-refractivity contribution in [3.63, 3.8) is 0 Å². The van der Waals surface area contributed by atoms with Gasteiger partial charge in [0.1, 0.15) is 0 Å². The molecule has 0 unspecified atom stereocenters. The smallest absolute Gasteiger partial charge is 0.0692 e. The summed E-state index contributed by atoms with van der Waals surface area (Å²) in [4.78, 5) is 0. The molecule has 0 rings (SSSR count). The van der Waals surface area contributed by atoms with Gasteiger partial charge in [0.25, 0.3) is 0 Å². The minimum Gasteiger partial charge on any atom is -0.198 e. The highest BCUT2D eigenvalue weighted by Crippen LogP contribution is 2.34. The third kappa shape index (κ3) is 10.4. The Hall–Kier alpha value is -1.02. The van der Waals surface area contributed by atoms with Gasteiger partial charge in [0, 0.05) is 6.42 Å². The second-order valence-electron chi connectivity index (χ2n) is 8.35. The number of nitriles is 2. The molecule has 0 bridgehead atoms. The summed E-state index contributed by atoms with van der Waals surface area (Å²) >= 11 is 0. The molecule has 0 N–H and O–H groups in total. The zero-order chi connectivity index (χ0) is 19.4. The molecule has 0 aliphatic carbocycles. The van der Waals surface area contributed by atoms with Gasteiger partial charge in [0.15, 0.2) is 0 Å². The Labute approximate surface area is 147 Å². The van der Waals surface area contributed by atoms with Crippen LogP contribution in [0.4, 0.5) is 0 Å². The predicted octanol–water partition coefficient (Wildman–Crippen LogP) is 7.07. The van der Waals surface area contributed by atoms with Crippen molar-refractivity contribution < 1.29 is 0 Å². The molecule has 2 nitrogen and oxygen atoms in total. The quantitative estimate of drug-likeness (QED) is 0.555. The summed E-state index contributed by atoms with van der Waals surface area (Å²) in [6.45, 7) is 26.1. The van der Waals surface area contributed by atoms with Crippen LogP contribution in [0, 0.1) is 57.2 Å². The third-order valence-corrected chi connectivity index (χ3v) is 5.77. The van der Waals surface area contributed by atoms with E-state index < -0.39 is 0 Å². The minimum atomic E-state index is -0.153. The lowest BCUT2D eigenvalue weighted by Gasteiger charge is -2.33. The molecule has 0 atom stereocenters. The highest BCUT2D eigenvalue weighted by atomic mass is 14.4. The van der Waals surface area contributed by atoms with Crippen LogP contribution in [0.2, 0.25) is 0 Å². The Morgan fingerprint density at radius 2 is 0.957 bits per heavy atom. The van der Waals surface area contributed by atoms with E-state index in [9.17, 15) is 0 Å². The predicted molar refractivity (Wildman–Crippen MR) is 103 cm³/mol. The number of hydrogen-bond acceptors (Lipinski definition) is 2. The van der Waals surface area contributed by atoms with E-state index in [0.29, 0.717) is 23.7 Å². The summed E-state index contributed by atoms with van der Waals surface area (Å²) in [6, 6.07) is 4.31. The zero-order valence-electron chi connectivity index (χ0n) is 17.9. The molecular formula is C21H42N2. The summed E-state index contributed by atoms with van der Waals surface area (Å²) in [5, 5.41) is 16.5. The molecule has 0 saturated heterocycles. The lowest BCUT2D eigenvalue weighted by Crippen LogP contribution is -2.27. The standard InChI is InChI=1S/C9H17N.C9H20.C3H5N/c1-7(2)9(5,6-10)8(3)4;1-7(2)9(5,6)8(3)4;1-2-3-4/h7-8H,1-5H3;7-8H,1-6H3;2H2,1H3. The van der Waals surface area contributed by atoms with Crippen LogP contribution in [0.5, 0.6) is 0 Å². The summed E-state index contributed by atoms with van der Waals surface area (Å²) in [5.41, 5.74) is 0.347. The van der Waals surface area contributed by atoms with Gasteiger partial charge in [-0.15, -0.1) is 0 Å². The van der Waals surface area contributed by atoms with Crippen LogP contribution in [0.15, 0.2) is 0 Å². The van der Waals surface area contributed by atoms with Crippen molar-refractivity contribution in [3.05, 3.63) is 0 Å². The Morgan fingerprint density at radius 3 is 0.957 bits per heavy atom. The fourth-order valence-corrected chi connectivity index (χ4v) is 1.59. The van der Waals surface area contributed by atoms with Crippen molar-refractivity contribution in [3.8, 4) is 12.1 Å². The van der Waals surface area contributed by atoms with Crippen LogP contribution < -0.4 is 0 Å². The van der Waals surface area contributed by atoms with Gasteiger partial charge < -0.3 is 0 Å². The van der Waals surface area contributed by atoms with Crippen molar-refractivity contribution in [1.29, 1.82) is 10.5 Å². The van der Waals surface area contributed by atoms with E-state index in [-0.39, 0.29) is 5.41 Å². The SMILES string of the molecule is CC(C)C(C)(C#N)C(C)C.CC(C)C(C)(C)C(C)C.CCC#N. The number of rotatable bonds is 4. The van der Waals surface area contributed by atoms with Gasteiger partial charge in [0.2, 0.25) is 0 Å². The van der Waals surface area contributed by atoms with Gasteiger partial charge in [0.05, 0.1) is 17.6 Å². The van der Waals surface area contributed by atoms with Crippen LogP contribution >= 0.6 is 0 Å². The van der Waals surface area contributed by atoms with Crippen molar-refractivity contribution in [2.24, 2.45) is 34.5 Å². The monoisotopic (exact) mass is 322 g/mol. The molecule has 0 aliphatic rings. The Balaban J connectivity index is -0.000000284. The van der Waals surface area contributed by atoms with E-state index in [1.54, 1.807) is 0 Å². The number of hydrogen-bond donors (Lipinski definition) is 0. The molecule has 0 spiro atoms. The van der Waals surface area contributed by atoms with Crippen LogP contribution in [0.25, 0.3) is 0 Å². The van der Waals surface area contributed by atoms with Gasteiger partial charge in [-0.1, -0.05) is 76.2 Å². The minimum absolute atomic E-state index is 0.153. The summed E-state index contributed by atoms with van der Waals surface area (Å²) in [6.07, 6.45) is 0.625. The molecule has 0 heterocycles. The maximum atomic E-state index is 8.88. The fourth-order valence-electron chi connectivity index (χ4n) is 1.59. The first-order chi connectivity index (χ1) is 10.2. The van der Waals surface area contributed by atoms with Crippen molar-refractivity contribution in [2.75, 3.05) is 0 Å². The Morgan fingerprint density at radius 1 is 0.696 bits per heavy atom. The van der Waals surface area contributed by atoms with Crippen molar-refractivity contribution in [2.45, 2.75) is 89.5 Å². The molecule has 0 aromatic carbocycles. The van der Waals surface area contributed by atoms with E-state index in [1.165, 1.54) is 0 Å². The average Bonchev–Trinajstić information content (AvgIpc) is 2.46. The molecular weight excluding hydrogens is 280 g/mol. The van der Waals surface area contributed by atoms with Crippen LogP contribution in [0.1, 0.15) is 89.5 Å². The molecule has 0 fully saturated rings. The van der Waals surface area contributed by atoms with Gasteiger partial charge in [-0.25, -0.2) is 0 Å². The van der Waals surface area contributed by atoms with Crippen LogP contribution in [0.3, 0.4) is 0 Å². The molecule has 0 aromatic heterocycles. The van der Waals surface area contributed by atoms with E-state index in [4.69, 9.17) is 10.5 Å². The summed E-state index contributed by atoms with van der Waals surface area (Å²) < 4.78 is 0. The average molecular weight is 323 g/mol. The van der Waals surface area contributed by atoms with E-state index >= 15 is 0 Å². The Bertz CT molecular complexity index is 344. The second-order valence-corrected chi connectivity index (χ2v) is 8.35. The van der Waals surface area contributed by atoms with Crippen molar-refractivity contribution in [1.82, 2.24) is 0 Å². The molecule has 23 heavy (non-hydrogen) atoms. The highest BCUT2D eigenvalue weighted by Gasteiger charge is 2.31. The highest BCUT2D eigenvalue weighted by molar-refractivity contribution is 4.99. The largest absolute Gasteiger partial charge is 0.198 e. The van der Waals surface area contributed by atoms with Gasteiger partial charge in [-0.05, 0) is 36.0 Å². The first-order valence-electron chi connectivity index (χ1n) is 9.03. The summed E-state index contributed by atoms with van der Waals surface area (Å²) in [7, 11) is 0. The second kappa shape index (κ2) is 12.4.